The molecule has 1 saturated heterocycles. The van der Waals surface area contributed by atoms with Crippen LogP contribution in [0.15, 0.2) is 0 Å². The lowest BCUT2D eigenvalue weighted by Crippen LogP contribution is -2.41. The number of methoxy groups -OCH3 is 1. The maximum absolute atomic E-state index is 9.85. The number of piperidine rings is 1. The topological polar surface area (TPSA) is 54.0 Å². The Balaban J connectivity index is 2.05. The molecular weight excluding hydrogens is 232 g/mol. The van der Waals surface area contributed by atoms with Gasteiger partial charge in [-0.25, -0.2) is 0 Å². The second kappa shape index (κ2) is 9.69. The number of hydrogen-bond acceptors (Lipinski definition) is 5. The van der Waals surface area contributed by atoms with Crippen LogP contribution in [0.3, 0.4) is 0 Å². The van der Waals surface area contributed by atoms with Crippen LogP contribution in [-0.2, 0) is 9.47 Å². The van der Waals surface area contributed by atoms with Crippen LogP contribution in [0.1, 0.15) is 12.8 Å². The Kier molecular flexibility index (Phi) is 8.54. The monoisotopic (exact) mass is 260 g/mol. The molecule has 1 unspecified atom stereocenters. The van der Waals surface area contributed by atoms with E-state index in [2.05, 4.69) is 10.2 Å². The maximum atomic E-state index is 9.85. The van der Waals surface area contributed by atoms with Crippen LogP contribution >= 0.6 is 0 Å². The van der Waals surface area contributed by atoms with Crippen LogP contribution in [0.4, 0.5) is 0 Å². The summed E-state index contributed by atoms with van der Waals surface area (Å²) in [7, 11) is 3.66. The highest BCUT2D eigenvalue weighted by atomic mass is 16.5. The Bertz CT molecular complexity index is 197. The number of β-amino-alcohol motifs (C(OH)–C–C–N with tert-alkyl or cyclic N) is 1. The molecule has 1 rings (SSSR count). The number of ether oxygens (including phenoxy) is 2. The zero-order valence-electron chi connectivity index (χ0n) is 11.7. The van der Waals surface area contributed by atoms with E-state index in [1.165, 1.54) is 12.8 Å². The average molecular weight is 260 g/mol. The molecule has 1 heterocycles. The standard InChI is InChI=1S/C13H28N2O3/c1-14-9-12-3-5-15(6-4-12)10-13(16)11-18-8-7-17-2/h12-14,16H,3-11H2,1-2H3. The van der Waals surface area contributed by atoms with Gasteiger partial charge >= 0.3 is 0 Å². The third kappa shape index (κ3) is 6.66. The average Bonchev–Trinajstić information content (AvgIpc) is 2.37. The predicted octanol–water partition coefficient (Wildman–Crippen LogP) is -0.0583. The second-order valence-corrected chi connectivity index (χ2v) is 5.02. The Labute approximate surface area is 110 Å². The lowest BCUT2D eigenvalue weighted by molar-refractivity contribution is -0.00454. The van der Waals surface area contributed by atoms with Gasteiger partial charge in [0, 0.05) is 13.7 Å². The van der Waals surface area contributed by atoms with E-state index in [1.807, 2.05) is 7.05 Å². The summed E-state index contributed by atoms with van der Waals surface area (Å²) in [6.45, 7) is 5.54. The molecule has 0 saturated carbocycles. The third-order valence-electron chi connectivity index (χ3n) is 3.41. The van der Waals surface area contributed by atoms with Gasteiger partial charge in [0.05, 0.1) is 25.9 Å². The Morgan fingerprint density at radius 1 is 1.33 bits per heavy atom. The van der Waals surface area contributed by atoms with E-state index >= 15 is 0 Å². The number of hydrogen-bond donors (Lipinski definition) is 2. The van der Waals surface area contributed by atoms with Gasteiger partial charge in [-0.15, -0.1) is 0 Å². The number of rotatable bonds is 9. The van der Waals surface area contributed by atoms with Crippen molar-refractivity contribution in [2.45, 2.75) is 18.9 Å². The van der Waals surface area contributed by atoms with Crippen molar-refractivity contribution in [1.29, 1.82) is 0 Å². The fourth-order valence-corrected chi connectivity index (χ4v) is 2.37. The van der Waals surface area contributed by atoms with E-state index in [9.17, 15) is 5.11 Å². The van der Waals surface area contributed by atoms with Crippen molar-refractivity contribution < 1.29 is 14.6 Å². The first-order chi connectivity index (χ1) is 8.76. The first-order valence-corrected chi connectivity index (χ1v) is 6.88. The fourth-order valence-electron chi connectivity index (χ4n) is 2.37. The van der Waals surface area contributed by atoms with E-state index in [4.69, 9.17) is 9.47 Å². The second-order valence-electron chi connectivity index (χ2n) is 5.02. The van der Waals surface area contributed by atoms with Crippen molar-refractivity contribution >= 4 is 0 Å². The molecule has 0 aliphatic carbocycles. The molecule has 1 aliphatic heterocycles. The van der Waals surface area contributed by atoms with Crippen molar-refractivity contribution in [1.82, 2.24) is 10.2 Å². The fraction of sp³-hybridized carbons (Fsp3) is 1.00. The summed E-state index contributed by atoms with van der Waals surface area (Å²) in [6.07, 6.45) is 2.05. The summed E-state index contributed by atoms with van der Waals surface area (Å²) in [5, 5.41) is 13.1. The Morgan fingerprint density at radius 3 is 2.67 bits per heavy atom. The largest absolute Gasteiger partial charge is 0.389 e. The molecule has 108 valence electrons. The van der Waals surface area contributed by atoms with Crippen molar-refractivity contribution in [2.24, 2.45) is 5.92 Å². The molecule has 0 amide bonds. The normalized spacial score (nSPS) is 20.2. The van der Waals surface area contributed by atoms with Crippen LogP contribution in [0.25, 0.3) is 0 Å². The van der Waals surface area contributed by atoms with E-state index in [0.29, 0.717) is 19.8 Å². The van der Waals surface area contributed by atoms with E-state index in [1.54, 1.807) is 7.11 Å². The van der Waals surface area contributed by atoms with Crippen LogP contribution < -0.4 is 5.32 Å². The van der Waals surface area contributed by atoms with Gasteiger partial charge in [-0.1, -0.05) is 0 Å². The van der Waals surface area contributed by atoms with Crippen molar-refractivity contribution in [3.05, 3.63) is 0 Å². The summed E-state index contributed by atoms with van der Waals surface area (Å²) >= 11 is 0. The summed E-state index contributed by atoms with van der Waals surface area (Å²) < 4.78 is 10.2. The number of nitrogens with zero attached hydrogens (tertiary/aromatic N) is 1. The highest BCUT2D eigenvalue weighted by molar-refractivity contribution is 4.75. The molecule has 0 radical (unpaired) electrons. The highest BCUT2D eigenvalue weighted by Gasteiger charge is 2.20. The molecular formula is C13H28N2O3. The molecule has 1 aliphatic rings. The summed E-state index contributed by atoms with van der Waals surface area (Å²) in [4.78, 5) is 2.33. The molecule has 5 nitrogen and oxygen atoms in total. The zero-order valence-corrected chi connectivity index (χ0v) is 11.7. The minimum Gasteiger partial charge on any atom is -0.389 e. The lowest BCUT2D eigenvalue weighted by atomic mass is 9.97. The van der Waals surface area contributed by atoms with Gasteiger partial charge in [0.1, 0.15) is 0 Å². The highest BCUT2D eigenvalue weighted by Crippen LogP contribution is 2.16. The van der Waals surface area contributed by atoms with E-state index in [0.717, 1.165) is 32.1 Å². The summed E-state index contributed by atoms with van der Waals surface area (Å²) in [5.41, 5.74) is 0. The van der Waals surface area contributed by atoms with Crippen LogP contribution in [0.5, 0.6) is 0 Å². The molecule has 18 heavy (non-hydrogen) atoms. The van der Waals surface area contributed by atoms with E-state index in [-0.39, 0.29) is 6.10 Å². The van der Waals surface area contributed by atoms with Crippen LogP contribution in [0.2, 0.25) is 0 Å². The maximum Gasteiger partial charge on any atom is 0.0900 e. The number of likely N-dealkylation sites (tertiary alicyclic amines) is 1. The first-order valence-electron chi connectivity index (χ1n) is 6.88. The van der Waals surface area contributed by atoms with Crippen molar-refractivity contribution in [3.8, 4) is 0 Å². The van der Waals surface area contributed by atoms with Gasteiger partial charge in [-0.05, 0) is 45.4 Å². The third-order valence-corrected chi connectivity index (χ3v) is 3.41. The Morgan fingerprint density at radius 2 is 2.06 bits per heavy atom. The lowest BCUT2D eigenvalue weighted by Gasteiger charge is -2.33. The van der Waals surface area contributed by atoms with Gasteiger partial charge in [-0.3, -0.25) is 0 Å². The Hall–Kier alpha value is -0.200. The predicted molar refractivity (Wildman–Crippen MR) is 71.8 cm³/mol. The summed E-state index contributed by atoms with van der Waals surface area (Å²) in [6, 6.07) is 0. The molecule has 2 N–H and O–H groups in total. The zero-order chi connectivity index (χ0) is 13.2. The minimum absolute atomic E-state index is 0.386. The van der Waals surface area contributed by atoms with Crippen molar-refractivity contribution in [3.63, 3.8) is 0 Å². The minimum atomic E-state index is -0.386. The van der Waals surface area contributed by atoms with E-state index < -0.39 is 0 Å². The molecule has 0 bridgehead atoms. The first kappa shape index (κ1) is 15.9. The van der Waals surface area contributed by atoms with Crippen LogP contribution in [0, 0.1) is 5.92 Å². The molecule has 0 aromatic heterocycles. The molecule has 5 heteroatoms. The number of aliphatic hydroxyl groups is 1. The molecule has 1 atom stereocenters. The SMILES string of the molecule is CNCC1CCN(CC(O)COCCOC)CC1. The molecule has 0 aromatic carbocycles. The van der Waals surface area contributed by atoms with Gasteiger partial charge in [0.2, 0.25) is 0 Å². The number of nitrogens with one attached hydrogen (secondary N) is 1. The van der Waals surface area contributed by atoms with Crippen LogP contribution in [-0.4, -0.2) is 76.3 Å². The van der Waals surface area contributed by atoms with Gasteiger partial charge in [0.25, 0.3) is 0 Å². The molecule has 1 fully saturated rings. The molecule has 0 spiro atoms. The van der Waals surface area contributed by atoms with Gasteiger partial charge < -0.3 is 24.8 Å². The van der Waals surface area contributed by atoms with Gasteiger partial charge in [0.15, 0.2) is 0 Å². The van der Waals surface area contributed by atoms with Crippen molar-refractivity contribution in [2.75, 3.05) is 60.2 Å². The van der Waals surface area contributed by atoms with Gasteiger partial charge in [-0.2, -0.15) is 0 Å². The number of aliphatic hydroxyl groups excluding tert-OH is 1. The summed E-state index contributed by atoms with van der Waals surface area (Å²) in [5.74, 6) is 0.793. The molecule has 0 aromatic rings. The smallest absolute Gasteiger partial charge is 0.0900 e. The quantitative estimate of drug-likeness (QED) is 0.569.